The first kappa shape index (κ1) is 14.0. The predicted octanol–water partition coefficient (Wildman–Crippen LogP) is 4.85. The Kier molecular flexibility index (Phi) is 3.48. The van der Waals surface area contributed by atoms with Crippen LogP contribution in [0.1, 0.15) is 0 Å². The number of aromatic amines is 1. The Morgan fingerprint density at radius 1 is 1.14 bits per heavy atom. The van der Waals surface area contributed by atoms with Gasteiger partial charge in [0.2, 0.25) is 5.88 Å². The van der Waals surface area contributed by atoms with Crippen molar-refractivity contribution in [1.82, 2.24) is 4.98 Å². The highest BCUT2D eigenvalue weighted by molar-refractivity contribution is 6.31. The van der Waals surface area contributed by atoms with E-state index in [0.29, 0.717) is 21.6 Å². The molecule has 3 rings (SSSR count). The number of aromatic hydroxyl groups is 1. The highest BCUT2D eigenvalue weighted by atomic mass is 35.5. The molecule has 3 aromatic rings. The van der Waals surface area contributed by atoms with Gasteiger partial charge < -0.3 is 10.1 Å². The van der Waals surface area contributed by atoms with E-state index in [-0.39, 0.29) is 17.3 Å². The molecule has 0 aliphatic heterocycles. The van der Waals surface area contributed by atoms with Crippen molar-refractivity contribution in [3.8, 4) is 5.88 Å². The number of fused-ring (bicyclic) bond motifs is 1. The normalized spacial score (nSPS) is 11.3. The standard InChI is InChI=1S/C14H9ClN4O3/c15-8-1-6-12-11(7-8)13(14(20)16-12)18-17-9-2-4-10(5-3-9)19(21)22/h1-7,16,20H. The van der Waals surface area contributed by atoms with E-state index in [2.05, 4.69) is 15.2 Å². The lowest BCUT2D eigenvalue weighted by Crippen LogP contribution is -1.85. The van der Waals surface area contributed by atoms with Crippen LogP contribution in [0.2, 0.25) is 5.02 Å². The van der Waals surface area contributed by atoms with E-state index in [1.54, 1.807) is 18.2 Å². The van der Waals surface area contributed by atoms with Crippen LogP contribution in [0.15, 0.2) is 52.7 Å². The molecule has 0 spiro atoms. The summed E-state index contributed by atoms with van der Waals surface area (Å²) >= 11 is 5.93. The van der Waals surface area contributed by atoms with Crippen molar-refractivity contribution in [3.63, 3.8) is 0 Å². The highest BCUT2D eigenvalue weighted by Crippen LogP contribution is 2.37. The van der Waals surface area contributed by atoms with Crippen LogP contribution in [0.4, 0.5) is 17.1 Å². The van der Waals surface area contributed by atoms with Crippen molar-refractivity contribution in [3.05, 3.63) is 57.6 Å². The van der Waals surface area contributed by atoms with Gasteiger partial charge in [0.05, 0.1) is 16.1 Å². The molecule has 0 bridgehead atoms. The Bertz CT molecular complexity index is 887. The Labute approximate surface area is 129 Å². The van der Waals surface area contributed by atoms with E-state index in [1.807, 2.05) is 0 Å². The van der Waals surface area contributed by atoms with Gasteiger partial charge in [0.1, 0.15) is 0 Å². The van der Waals surface area contributed by atoms with Crippen LogP contribution < -0.4 is 0 Å². The monoisotopic (exact) mass is 316 g/mol. The van der Waals surface area contributed by atoms with Crippen molar-refractivity contribution in [2.45, 2.75) is 0 Å². The molecule has 2 aromatic carbocycles. The molecule has 1 heterocycles. The molecule has 0 radical (unpaired) electrons. The molecule has 22 heavy (non-hydrogen) atoms. The van der Waals surface area contributed by atoms with Gasteiger partial charge in [0, 0.05) is 22.5 Å². The van der Waals surface area contributed by atoms with Crippen LogP contribution in [0.3, 0.4) is 0 Å². The van der Waals surface area contributed by atoms with E-state index >= 15 is 0 Å². The zero-order valence-electron chi connectivity index (χ0n) is 11.0. The number of halogens is 1. The second-order valence-corrected chi connectivity index (χ2v) is 4.92. The summed E-state index contributed by atoms with van der Waals surface area (Å²) in [6.07, 6.45) is 0. The Balaban J connectivity index is 1.96. The third kappa shape index (κ3) is 2.61. The minimum atomic E-state index is -0.492. The summed E-state index contributed by atoms with van der Waals surface area (Å²) in [6, 6.07) is 10.7. The summed E-state index contributed by atoms with van der Waals surface area (Å²) in [6.45, 7) is 0. The molecule has 0 amide bonds. The largest absolute Gasteiger partial charge is 0.493 e. The molecular formula is C14H9ClN4O3. The number of aromatic nitrogens is 1. The number of nitro groups is 1. The molecule has 110 valence electrons. The maximum absolute atomic E-state index is 10.6. The molecule has 0 unspecified atom stereocenters. The summed E-state index contributed by atoms with van der Waals surface area (Å²) in [5, 5.41) is 29.6. The van der Waals surface area contributed by atoms with Crippen LogP contribution in [0.25, 0.3) is 10.9 Å². The lowest BCUT2D eigenvalue weighted by Gasteiger charge is -1.94. The van der Waals surface area contributed by atoms with Gasteiger partial charge in [-0.25, -0.2) is 0 Å². The van der Waals surface area contributed by atoms with Crippen molar-refractivity contribution in [2.75, 3.05) is 0 Å². The third-order valence-electron chi connectivity index (χ3n) is 3.04. The van der Waals surface area contributed by atoms with Crippen LogP contribution in [0.5, 0.6) is 5.88 Å². The number of nitro benzene ring substituents is 1. The third-order valence-corrected chi connectivity index (χ3v) is 3.28. The van der Waals surface area contributed by atoms with E-state index in [0.717, 1.165) is 0 Å². The van der Waals surface area contributed by atoms with Gasteiger partial charge in [-0.05, 0) is 30.3 Å². The maximum Gasteiger partial charge on any atom is 0.269 e. The number of azo groups is 1. The van der Waals surface area contributed by atoms with Crippen LogP contribution in [-0.4, -0.2) is 15.0 Å². The predicted molar refractivity (Wildman–Crippen MR) is 82.2 cm³/mol. The molecule has 2 N–H and O–H groups in total. The van der Waals surface area contributed by atoms with Crippen LogP contribution >= 0.6 is 11.6 Å². The first-order chi connectivity index (χ1) is 10.5. The summed E-state index contributed by atoms with van der Waals surface area (Å²) in [5.74, 6) is -0.122. The molecule has 0 saturated carbocycles. The zero-order valence-corrected chi connectivity index (χ0v) is 11.8. The lowest BCUT2D eigenvalue weighted by atomic mass is 10.2. The first-order valence-corrected chi connectivity index (χ1v) is 6.59. The SMILES string of the molecule is O=[N+]([O-])c1ccc(N=Nc2c(O)[nH]c3ccc(Cl)cc23)cc1. The Morgan fingerprint density at radius 3 is 2.55 bits per heavy atom. The second kappa shape index (κ2) is 5.45. The molecule has 1 aromatic heterocycles. The molecule has 0 atom stereocenters. The minimum Gasteiger partial charge on any atom is -0.493 e. The van der Waals surface area contributed by atoms with Crippen LogP contribution in [-0.2, 0) is 0 Å². The van der Waals surface area contributed by atoms with Gasteiger partial charge in [-0.15, -0.1) is 5.11 Å². The maximum atomic E-state index is 10.6. The fourth-order valence-corrected chi connectivity index (χ4v) is 2.16. The smallest absolute Gasteiger partial charge is 0.269 e. The number of hydrogen-bond acceptors (Lipinski definition) is 5. The molecule has 0 aliphatic rings. The summed E-state index contributed by atoms with van der Waals surface area (Å²) in [7, 11) is 0. The van der Waals surface area contributed by atoms with Crippen molar-refractivity contribution in [2.24, 2.45) is 10.2 Å². The number of hydrogen-bond donors (Lipinski definition) is 2. The summed E-state index contributed by atoms with van der Waals surface area (Å²) < 4.78 is 0. The van der Waals surface area contributed by atoms with E-state index in [1.165, 1.54) is 24.3 Å². The lowest BCUT2D eigenvalue weighted by molar-refractivity contribution is -0.384. The molecule has 0 fully saturated rings. The van der Waals surface area contributed by atoms with Gasteiger partial charge in [0.25, 0.3) is 5.69 Å². The fraction of sp³-hybridized carbons (Fsp3) is 0. The van der Waals surface area contributed by atoms with E-state index in [4.69, 9.17) is 11.6 Å². The molecule has 7 nitrogen and oxygen atoms in total. The van der Waals surface area contributed by atoms with Crippen molar-refractivity contribution in [1.29, 1.82) is 0 Å². The van der Waals surface area contributed by atoms with E-state index in [9.17, 15) is 15.2 Å². The van der Waals surface area contributed by atoms with Crippen LogP contribution in [0, 0.1) is 10.1 Å². The molecular weight excluding hydrogens is 308 g/mol. The molecule has 8 heteroatoms. The average molecular weight is 317 g/mol. The second-order valence-electron chi connectivity index (χ2n) is 4.49. The Morgan fingerprint density at radius 2 is 1.86 bits per heavy atom. The number of nitrogens with zero attached hydrogens (tertiary/aromatic N) is 3. The Hall–Kier alpha value is -2.93. The zero-order chi connectivity index (χ0) is 15.7. The highest BCUT2D eigenvalue weighted by Gasteiger charge is 2.11. The van der Waals surface area contributed by atoms with Gasteiger partial charge in [-0.3, -0.25) is 10.1 Å². The molecule has 0 saturated heterocycles. The first-order valence-electron chi connectivity index (χ1n) is 6.21. The summed E-state index contributed by atoms with van der Waals surface area (Å²) in [4.78, 5) is 12.9. The van der Waals surface area contributed by atoms with Crippen molar-refractivity contribution < 1.29 is 10.0 Å². The van der Waals surface area contributed by atoms with Gasteiger partial charge >= 0.3 is 0 Å². The number of rotatable bonds is 3. The summed E-state index contributed by atoms with van der Waals surface area (Å²) in [5.41, 5.74) is 1.34. The number of benzene rings is 2. The number of non-ortho nitro benzene ring substituents is 1. The molecule has 0 aliphatic carbocycles. The van der Waals surface area contributed by atoms with Crippen molar-refractivity contribution >= 4 is 39.6 Å². The van der Waals surface area contributed by atoms with E-state index < -0.39 is 4.92 Å². The number of nitrogens with one attached hydrogen (secondary N) is 1. The average Bonchev–Trinajstić information content (AvgIpc) is 2.80. The quantitative estimate of drug-likeness (QED) is 0.410. The van der Waals surface area contributed by atoms with Gasteiger partial charge in [0.15, 0.2) is 5.69 Å². The minimum absolute atomic E-state index is 0.0272. The van der Waals surface area contributed by atoms with Gasteiger partial charge in [-0.2, -0.15) is 5.11 Å². The van der Waals surface area contributed by atoms with Gasteiger partial charge in [-0.1, -0.05) is 11.6 Å². The number of H-pyrrole nitrogens is 1. The fourth-order valence-electron chi connectivity index (χ4n) is 1.99. The topological polar surface area (TPSA) is 104 Å².